The van der Waals surface area contributed by atoms with Crippen molar-refractivity contribution in [3.8, 4) is 0 Å². The normalized spacial score (nSPS) is 13.9. The number of aliphatic hydroxyl groups is 1. The molecule has 1 N–H and O–H groups in total. The van der Waals surface area contributed by atoms with Crippen LogP contribution >= 0.6 is 11.3 Å². The Hall–Kier alpha value is -0.383. The van der Waals surface area contributed by atoms with Crippen molar-refractivity contribution in [2.45, 2.75) is 32.0 Å². The van der Waals surface area contributed by atoms with Crippen LogP contribution < -0.4 is 4.50 Å². The van der Waals surface area contributed by atoms with E-state index in [1.54, 1.807) is 0 Å². The molecule has 0 aliphatic rings. The average molecular weight is 240 g/mol. The maximum Gasteiger partial charge on any atom is 0.0990 e. The van der Waals surface area contributed by atoms with E-state index in [2.05, 4.69) is 38.7 Å². The van der Waals surface area contributed by atoms with Crippen LogP contribution in [-0.2, 0) is 0 Å². The molecule has 1 unspecified atom stereocenters. The summed E-state index contributed by atoms with van der Waals surface area (Å²) in [7, 11) is -1.51. The molecule has 1 heterocycles. The van der Waals surface area contributed by atoms with Gasteiger partial charge in [0.25, 0.3) is 0 Å². The number of hydrogen-bond acceptors (Lipinski definition) is 2. The zero-order valence-electron chi connectivity index (χ0n) is 9.79. The molecule has 0 amide bonds. The molecular formula is C12H20OSSi. The summed E-state index contributed by atoms with van der Waals surface area (Å²) >= 11 is 1.88. The fraction of sp³-hybridized carbons (Fsp3) is 0.500. The van der Waals surface area contributed by atoms with Crippen LogP contribution in [0.15, 0.2) is 24.8 Å². The van der Waals surface area contributed by atoms with Gasteiger partial charge in [0, 0.05) is 11.5 Å². The minimum Gasteiger partial charge on any atom is -0.396 e. The number of hydrogen-bond donors (Lipinski definition) is 1. The smallest absolute Gasteiger partial charge is 0.0990 e. The average Bonchev–Trinajstić information content (AvgIpc) is 2.61. The summed E-state index contributed by atoms with van der Waals surface area (Å²) in [6.45, 7) is 10.9. The van der Waals surface area contributed by atoms with Crippen LogP contribution in [0, 0.1) is 6.92 Å². The first-order chi connectivity index (χ1) is 7.02. The van der Waals surface area contributed by atoms with E-state index in [4.69, 9.17) is 0 Å². The standard InChI is InChI=1S/C12H20OSSi/c1-5-6-11(9-13)15(3,4)12-8-7-10(2)14-12/h5,7-8,11,13H,1,6,9H2,2-4H3. The maximum absolute atomic E-state index is 9.45. The summed E-state index contributed by atoms with van der Waals surface area (Å²) in [5.74, 6) is 0. The minimum atomic E-state index is -1.51. The second-order valence-electron chi connectivity index (χ2n) is 4.54. The molecule has 1 aromatic rings. The van der Waals surface area contributed by atoms with Gasteiger partial charge in [-0.1, -0.05) is 25.2 Å². The van der Waals surface area contributed by atoms with E-state index in [9.17, 15) is 5.11 Å². The van der Waals surface area contributed by atoms with Gasteiger partial charge < -0.3 is 5.11 Å². The first-order valence-electron chi connectivity index (χ1n) is 5.31. The summed E-state index contributed by atoms with van der Waals surface area (Å²) in [6.07, 6.45) is 2.85. The van der Waals surface area contributed by atoms with Crippen LogP contribution in [0.1, 0.15) is 11.3 Å². The number of thiophene rings is 1. The molecule has 0 fully saturated rings. The Balaban J connectivity index is 2.93. The second kappa shape index (κ2) is 5.10. The van der Waals surface area contributed by atoms with Gasteiger partial charge in [-0.05, 0) is 29.5 Å². The zero-order valence-corrected chi connectivity index (χ0v) is 11.6. The van der Waals surface area contributed by atoms with Crippen LogP contribution in [0.25, 0.3) is 0 Å². The summed E-state index contributed by atoms with van der Waals surface area (Å²) in [5.41, 5.74) is 0.396. The van der Waals surface area contributed by atoms with Gasteiger partial charge in [0.1, 0.15) is 0 Å². The Morgan fingerprint density at radius 3 is 2.60 bits per heavy atom. The van der Waals surface area contributed by atoms with Crippen molar-refractivity contribution < 1.29 is 5.11 Å². The fourth-order valence-electron chi connectivity index (χ4n) is 1.78. The van der Waals surface area contributed by atoms with Crippen molar-refractivity contribution in [1.82, 2.24) is 0 Å². The lowest BCUT2D eigenvalue weighted by molar-refractivity contribution is 0.287. The van der Waals surface area contributed by atoms with Crippen LogP contribution in [0.2, 0.25) is 18.6 Å². The first kappa shape index (κ1) is 12.7. The predicted octanol–water partition coefficient (Wildman–Crippen LogP) is 2.91. The van der Waals surface area contributed by atoms with Gasteiger partial charge in [-0.3, -0.25) is 0 Å². The molecule has 1 nitrogen and oxygen atoms in total. The maximum atomic E-state index is 9.45. The lowest BCUT2D eigenvalue weighted by Gasteiger charge is -2.29. The monoisotopic (exact) mass is 240 g/mol. The van der Waals surface area contributed by atoms with Crippen LogP contribution in [0.5, 0.6) is 0 Å². The molecule has 0 aliphatic heterocycles. The summed E-state index contributed by atoms with van der Waals surface area (Å²) < 4.78 is 1.49. The van der Waals surface area contributed by atoms with E-state index >= 15 is 0 Å². The van der Waals surface area contributed by atoms with Crippen molar-refractivity contribution >= 4 is 23.9 Å². The SMILES string of the molecule is C=CCC(CO)[Si](C)(C)c1ccc(C)s1. The third-order valence-electron chi connectivity index (χ3n) is 3.07. The Labute approximate surface area is 97.5 Å². The highest BCUT2D eigenvalue weighted by molar-refractivity contribution is 7.26. The van der Waals surface area contributed by atoms with Crippen LogP contribution in [0.4, 0.5) is 0 Å². The number of allylic oxidation sites excluding steroid dienone is 1. The third kappa shape index (κ3) is 2.80. The molecule has 0 bridgehead atoms. The summed E-state index contributed by atoms with van der Waals surface area (Å²) in [4.78, 5) is 1.36. The Kier molecular flexibility index (Phi) is 4.31. The van der Waals surface area contributed by atoms with E-state index in [0.29, 0.717) is 5.54 Å². The van der Waals surface area contributed by atoms with Crippen LogP contribution in [-0.4, -0.2) is 19.8 Å². The molecule has 0 radical (unpaired) electrons. The summed E-state index contributed by atoms with van der Waals surface area (Å²) in [6, 6.07) is 4.41. The molecule has 0 aliphatic carbocycles. The van der Waals surface area contributed by atoms with E-state index < -0.39 is 8.07 Å². The topological polar surface area (TPSA) is 20.2 Å². The highest BCUT2D eigenvalue weighted by atomic mass is 32.1. The van der Waals surface area contributed by atoms with E-state index in [0.717, 1.165) is 6.42 Å². The molecule has 1 rings (SSSR count). The Morgan fingerprint density at radius 2 is 2.20 bits per heavy atom. The predicted molar refractivity (Wildman–Crippen MR) is 71.8 cm³/mol. The van der Waals surface area contributed by atoms with Crippen molar-refractivity contribution in [2.24, 2.45) is 0 Å². The highest BCUT2D eigenvalue weighted by Crippen LogP contribution is 2.27. The molecule has 0 saturated heterocycles. The van der Waals surface area contributed by atoms with Crippen LogP contribution in [0.3, 0.4) is 0 Å². The van der Waals surface area contributed by atoms with Crippen molar-refractivity contribution in [3.05, 3.63) is 29.7 Å². The highest BCUT2D eigenvalue weighted by Gasteiger charge is 2.33. The zero-order chi connectivity index (χ0) is 11.5. The molecule has 1 atom stereocenters. The van der Waals surface area contributed by atoms with Gasteiger partial charge in [-0.15, -0.1) is 6.58 Å². The molecular weight excluding hydrogens is 220 g/mol. The number of aryl methyl sites for hydroxylation is 1. The second-order valence-corrected chi connectivity index (χ2v) is 11.0. The van der Waals surface area contributed by atoms with Crippen molar-refractivity contribution in [3.63, 3.8) is 0 Å². The van der Waals surface area contributed by atoms with Gasteiger partial charge >= 0.3 is 0 Å². The molecule has 0 saturated carbocycles. The Bertz CT molecular complexity index is 330. The first-order valence-corrected chi connectivity index (χ1v) is 9.20. The van der Waals surface area contributed by atoms with E-state index in [1.165, 1.54) is 9.38 Å². The summed E-state index contributed by atoms with van der Waals surface area (Å²) in [5, 5.41) is 9.45. The fourth-order valence-corrected chi connectivity index (χ4v) is 6.56. The van der Waals surface area contributed by atoms with E-state index in [1.807, 2.05) is 17.4 Å². The van der Waals surface area contributed by atoms with Crippen molar-refractivity contribution in [1.29, 1.82) is 0 Å². The van der Waals surface area contributed by atoms with Gasteiger partial charge in [0.05, 0.1) is 8.07 Å². The lowest BCUT2D eigenvalue weighted by atomic mass is 10.3. The molecule has 1 aromatic heterocycles. The number of rotatable bonds is 5. The molecule has 3 heteroatoms. The third-order valence-corrected chi connectivity index (χ3v) is 9.66. The molecule has 0 aromatic carbocycles. The van der Waals surface area contributed by atoms with Gasteiger partial charge in [0.15, 0.2) is 0 Å². The van der Waals surface area contributed by atoms with Gasteiger partial charge in [0.2, 0.25) is 0 Å². The quantitative estimate of drug-likeness (QED) is 0.620. The van der Waals surface area contributed by atoms with Gasteiger partial charge in [-0.25, -0.2) is 0 Å². The molecule has 0 spiro atoms. The van der Waals surface area contributed by atoms with E-state index in [-0.39, 0.29) is 6.61 Å². The van der Waals surface area contributed by atoms with Crippen molar-refractivity contribution in [2.75, 3.05) is 6.61 Å². The van der Waals surface area contributed by atoms with Gasteiger partial charge in [-0.2, -0.15) is 11.3 Å². The molecule has 84 valence electrons. The molecule has 15 heavy (non-hydrogen) atoms. The lowest BCUT2D eigenvalue weighted by Crippen LogP contribution is -2.45. The largest absolute Gasteiger partial charge is 0.396 e. The number of aliphatic hydroxyl groups excluding tert-OH is 1. The minimum absolute atomic E-state index is 0.280. The Morgan fingerprint density at radius 1 is 1.53 bits per heavy atom.